The van der Waals surface area contributed by atoms with Crippen LogP contribution in [0.2, 0.25) is 0 Å². The lowest BCUT2D eigenvalue weighted by molar-refractivity contribution is 0.0955. The van der Waals surface area contributed by atoms with E-state index in [2.05, 4.69) is 15.8 Å². The smallest absolute Gasteiger partial charge is 0.271 e. The molecule has 0 aliphatic heterocycles. The van der Waals surface area contributed by atoms with Crippen LogP contribution < -0.4 is 16.5 Å². The Morgan fingerprint density at radius 3 is 2.47 bits per heavy atom. The van der Waals surface area contributed by atoms with Gasteiger partial charge in [0.05, 0.1) is 0 Å². The Kier molecular flexibility index (Phi) is 5.16. The highest BCUT2D eigenvalue weighted by atomic mass is 16.2. The second-order valence-corrected chi connectivity index (χ2v) is 3.79. The van der Waals surface area contributed by atoms with Crippen molar-refractivity contribution in [2.45, 2.75) is 13.8 Å². The van der Waals surface area contributed by atoms with Crippen molar-refractivity contribution in [2.24, 2.45) is 10.8 Å². The van der Waals surface area contributed by atoms with Crippen molar-refractivity contribution in [1.29, 1.82) is 0 Å². The lowest BCUT2D eigenvalue weighted by Gasteiger charge is -2.05. The predicted molar refractivity (Wildman–Crippen MR) is 70.2 cm³/mol. The van der Waals surface area contributed by atoms with Gasteiger partial charge in [-0.05, 0) is 38.1 Å². The van der Waals surface area contributed by atoms with Crippen molar-refractivity contribution < 1.29 is 4.79 Å². The molecule has 0 radical (unpaired) electrons. The summed E-state index contributed by atoms with van der Waals surface area (Å²) in [5, 5.41) is 6.98. The molecule has 0 atom stereocenters. The molecule has 0 aliphatic rings. The molecule has 0 aliphatic carbocycles. The second kappa shape index (κ2) is 6.65. The van der Waals surface area contributed by atoms with Gasteiger partial charge in [0.1, 0.15) is 0 Å². The summed E-state index contributed by atoms with van der Waals surface area (Å²) in [5.41, 5.74) is 10.2. The molecular formula is C12H18N4O. The molecular weight excluding hydrogens is 216 g/mol. The maximum absolute atomic E-state index is 11.6. The third kappa shape index (κ3) is 4.65. The average molecular weight is 234 g/mol. The monoisotopic (exact) mass is 234 g/mol. The molecule has 1 amide bonds. The molecule has 0 fully saturated rings. The molecule has 92 valence electrons. The number of nitrogens with zero attached hydrogens (tertiary/aromatic N) is 1. The molecule has 0 saturated heterocycles. The summed E-state index contributed by atoms with van der Waals surface area (Å²) in [7, 11) is 0. The summed E-state index contributed by atoms with van der Waals surface area (Å²) in [5.74, 6) is -0.212. The average Bonchev–Trinajstić information content (AvgIpc) is 2.34. The number of hydrogen-bond acceptors (Lipinski definition) is 4. The number of nitrogens with two attached hydrogens (primary N) is 1. The molecule has 4 N–H and O–H groups in total. The summed E-state index contributed by atoms with van der Waals surface area (Å²) in [6.07, 6.45) is 0. The van der Waals surface area contributed by atoms with Gasteiger partial charge in [0.25, 0.3) is 5.91 Å². The lowest BCUT2D eigenvalue weighted by Crippen LogP contribution is -2.18. The number of amides is 1. The third-order valence-electron chi connectivity index (χ3n) is 2.00. The molecule has 1 aromatic rings. The quantitative estimate of drug-likeness (QED) is 0.528. The SMILES string of the molecule is CC(C)=NNC(=O)c1ccc(NCCN)cc1. The van der Waals surface area contributed by atoms with E-state index in [9.17, 15) is 4.79 Å². The van der Waals surface area contributed by atoms with Crippen molar-refractivity contribution >= 4 is 17.3 Å². The van der Waals surface area contributed by atoms with Gasteiger partial charge in [-0.1, -0.05) is 0 Å². The number of carbonyl (C=O) groups excluding carboxylic acids is 1. The van der Waals surface area contributed by atoms with Crippen LogP contribution in [0.25, 0.3) is 0 Å². The molecule has 5 heteroatoms. The number of anilines is 1. The van der Waals surface area contributed by atoms with Gasteiger partial charge in [-0.2, -0.15) is 5.10 Å². The van der Waals surface area contributed by atoms with Crippen LogP contribution in [-0.2, 0) is 0 Å². The highest BCUT2D eigenvalue weighted by molar-refractivity contribution is 5.95. The lowest BCUT2D eigenvalue weighted by atomic mass is 10.2. The minimum Gasteiger partial charge on any atom is -0.384 e. The van der Waals surface area contributed by atoms with Crippen LogP contribution in [0.1, 0.15) is 24.2 Å². The molecule has 1 rings (SSSR count). The number of hydrazone groups is 1. The zero-order valence-electron chi connectivity index (χ0n) is 10.2. The van der Waals surface area contributed by atoms with E-state index in [1.165, 1.54) is 0 Å². The Bertz CT molecular complexity index is 393. The maximum Gasteiger partial charge on any atom is 0.271 e. The van der Waals surface area contributed by atoms with Gasteiger partial charge in [-0.25, -0.2) is 5.43 Å². The summed E-state index contributed by atoms with van der Waals surface area (Å²) < 4.78 is 0. The first-order chi connectivity index (χ1) is 8.13. The van der Waals surface area contributed by atoms with Crippen molar-refractivity contribution in [1.82, 2.24) is 5.43 Å². The maximum atomic E-state index is 11.6. The number of benzene rings is 1. The highest BCUT2D eigenvalue weighted by Crippen LogP contribution is 2.08. The number of rotatable bonds is 5. The largest absolute Gasteiger partial charge is 0.384 e. The minimum atomic E-state index is -0.212. The van der Waals surface area contributed by atoms with Crippen LogP contribution in [0.15, 0.2) is 29.4 Å². The molecule has 5 nitrogen and oxygen atoms in total. The Morgan fingerprint density at radius 1 is 1.29 bits per heavy atom. The van der Waals surface area contributed by atoms with Gasteiger partial charge in [0, 0.05) is 30.1 Å². The minimum absolute atomic E-state index is 0.212. The molecule has 0 aromatic heterocycles. The molecule has 0 heterocycles. The van der Waals surface area contributed by atoms with Crippen LogP contribution in [0.5, 0.6) is 0 Å². The molecule has 0 bridgehead atoms. The van der Waals surface area contributed by atoms with E-state index < -0.39 is 0 Å². The van der Waals surface area contributed by atoms with Gasteiger partial charge in [0.15, 0.2) is 0 Å². The number of hydrogen-bond donors (Lipinski definition) is 3. The van der Waals surface area contributed by atoms with E-state index in [0.717, 1.165) is 11.4 Å². The topological polar surface area (TPSA) is 79.5 Å². The van der Waals surface area contributed by atoms with E-state index in [4.69, 9.17) is 5.73 Å². The third-order valence-corrected chi connectivity index (χ3v) is 2.00. The number of carbonyl (C=O) groups is 1. The zero-order chi connectivity index (χ0) is 12.7. The fraction of sp³-hybridized carbons (Fsp3) is 0.333. The zero-order valence-corrected chi connectivity index (χ0v) is 10.2. The van der Waals surface area contributed by atoms with Crippen LogP contribution in [0.3, 0.4) is 0 Å². The Balaban J connectivity index is 2.60. The first-order valence-electron chi connectivity index (χ1n) is 5.48. The Morgan fingerprint density at radius 2 is 1.94 bits per heavy atom. The highest BCUT2D eigenvalue weighted by Gasteiger charge is 2.03. The standard InChI is InChI=1S/C12H18N4O/c1-9(2)15-16-12(17)10-3-5-11(6-4-10)14-8-7-13/h3-6,14H,7-8,13H2,1-2H3,(H,16,17). The van der Waals surface area contributed by atoms with E-state index in [1.807, 2.05) is 26.0 Å². The molecule has 17 heavy (non-hydrogen) atoms. The Hall–Kier alpha value is -1.88. The van der Waals surface area contributed by atoms with E-state index in [1.54, 1.807) is 12.1 Å². The van der Waals surface area contributed by atoms with Gasteiger partial charge < -0.3 is 11.1 Å². The molecule has 0 saturated carbocycles. The summed E-state index contributed by atoms with van der Waals surface area (Å²) in [6.45, 7) is 4.93. The number of nitrogens with one attached hydrogen (secondary N) is 2. The van der Waals surface area contributed by atoms with Crippen molar-refractivity contribution in [2.75, 3.05) is 18.4 Å². The fourth-order valence-electron chi connectivity index (χ4n) is 1.18. The van der Waals surface area contributed by atoms with Gasteiger partial charge in [0.2, 0.25) is 0 Å². The first kappa shape index (κ1) is 13.2. The molecule has 1 aromatic carbocycles. The van der Waals surface area contributed by atoms with Crippen LogP contribution in [0, 0.1) is 0 Å². The predicted octanol–water partition coefficient (Wildman–Crippen LogP) is 1.18. The van der Waals surface area contributed by atoms with Crippen LogP contribution in [-0.4, -0.2) is 24.7 Å². The van der Waals surface area contributed by atoms with Crippen LogP contribution >= 0.6 is 0 Å². The molecule has 0 unspecified atom stereocenters. The van der Waals surface area contributed by atoms with E-state index in [-0.39, 0.29) is 5.91 Å². The van der Waals surface area contributed by atoms with E-state index in [0.29, 0.717) is 18.7 Å². The summed E-state index contributed by atoms with van der Waals surface area (Å²) in [4.78, 5) is 11.6. The summed E-state index contributed by atoms with van der Waals surface area (Å²) in [6, 6.07) is 7.17. The van der Waals surface area contributed by atoms with Gasteiger partial charge >= 0.3 is 0 Å². The van der Waals surface area contributed by atoms with Crippen molar-refractivity contribution in [3.63, 3.8) is 0 Å². The second-order valence-electron chi connectivity index (χ2n) is 3.79. The Labute approximate surface area is 101 Å². The van der Waals surface area contributed by atoms with Crippen molar-refractivity contribution in [3.8, 4) is 0 Å². The van der Waals surface area contributed by atoms with Gasteiger partial charge in [-0.15, -0.1) is 0 Å². The molecule has 0 spiro atoms. The summed E-state index contributed by atoms with van der Waals surface area (Å²) >= 11 is 0. The normalized spacial score (nSPS) is 9.59. The first-order valence-corrected chi connectivity index (χ1v) is 5.48. The fourth-order valence-corrected chi connectivity index (χ4v) is 1.18. The van der Waals surface area contributed by atoms with Crippen molar-refractivity contribution in [3.05, 3.63) is 29.8 Å². The van der Waals surface area contributed by atoms with Crippen LogP contribution in [0.4, 0.5) is 5.69 Å². The van der Waals surface area contributed by atoms with E-state index >= 15 is 0 Å². The van der Waals surface area contributed by atoms with Gasteiger partial charge in [-0.3, -0.25) is 4.79 Å².